The Labute approximate surface area is 286 Å². The number of carbonyl (C=O) groups is 4. The second-order valence-corrected chi connectivity index (χ2v) is 16.4. The molecule has 48 heavy (non-hydrogen) atoms. The van der Waals surface area contributed by atoms with Crippen LogP contribution in [0.1, 0.15) is 115 Å². The van der Waals surface area contributed by atoms with E-state index < -0.39 is 69.9 Å². The molecule has 10 heteroatoms. The van der Waals surface area contributed by atoms with Gasteiger partial charge in [0.05, 0.1) is 12.7 Å². The van der Waals surface area contributed by atoms with E-state index in [2.05, 4.69) is 20.8 Å². The highest BCUT2D eigenvalue weighted by Crippen LogP contribution is 2.73. The average Bonchev–Trinajstić information content (AvgIpc) is 3.18. The molecule has 4 rings (SSSR count). The van der Waals surface area contributed by atoms with Crippen LogP contribution in [0.2, 0.25) is 0 Å². The second-order valence-electron chi connectivity index (χ2n) is 16.4. The van der Waals surface area contributed by atoms with Crippen LogP contribution in [0.3, 0.4) is 0 Å². The molecule has 0 aromatic carbocycles. The molecule has 11 unspecified atom stereocenters. The van der Waals surface area contributed by atoms with E-state index in [1.807, 2.05) is 33.8 Å². The summed E-state index contributed by atoms with van der Waals surface area (Å²) in [5.74, 6) is -2.77. The predicted molar refractivity (Wildman–Crippen MR) is 178 cm³/mol. The zero-order valence-corrected chi connectivity index (χ0v) is 30.8. The van der Waals surface area contributed by atoms with Crippen LogP contribution in [-0.2, 0) is 38.1 Å². The lowest BCUT2D eigenvalue weighted by Crippen LogP contribution is -2.63. The van der Waals surface area contributed by atoms with Crippen LogP contribution in [0.25, 0.3) is 0 Å². The van der Waals surface area contributed by atoms with Crippen molar-refractivity contribution in [2.24, 2.45) is 39.4 Å². The molecule has 2 saturated carbocycles. The van der Waals surface area contributed by atoms with E-state index in [1.165, 1.54) is 27.7 Å². The smallest absolute Gasteiger partial charge is 0.303 e. The quantitative estimate of drug-likeness (QED) is 0.180. The van der Waals surface area contributed by atoms with Gasteiger partial charge in [-0.15, -0.1) is 0 Å². The molecule has 0 amide bonds. The normalized spacial score (nSPS) is 37.9. The van der Waals surface area contributed by atoms with Crippen LogP contribution in [-0.4, -0.2) is 71.2 Å². The highest BCUT2D eigenvalue weighted by molar-refractivity contribution is 5.68. The predicted octanol–water partition coefficient (Wildman–Crippen LogP) is 5.62. The third-order valence-electron chi connectivity index (χ3n) is 12.8. The minimum Gasteiger partial charge on any atom is -0.462 e. The number of esters is 4. The van der Waals surface area contributed by atoms with Gasteiger partial charge >= 0.3 is 23.9 Å². The van der Waals surface area contributed by atoms with Gasteiger partial charge in [-0.05, 0) is 80.3 Å². The number of allylic oxidation sites excluding steroid dienone is 1. The Morgan fingerprint density at radius 3 is 1.96 bits per heavy atom. The summed E-state index contributed by atoms with van der Waals surface area (Å²) in [7, 11) is 0. The van der Waals surface area contributed by atoms with E-state index in [0.717, 1.165) is 16.7 Å². The Hall–Kier alpha value is -2.72. The summed E-state index contributed by atoms with van der Waals surface area (Å²) in [5, 5.41) is 23.7. The van der Waals surface area contributed by atoms with Crippen LogP contribution in [0.5, 0.6) is 0 Å². The maximum absolute atomic E-state index is 12.9. The van der Waals surface area contributed by atoms with Crippen LogP contribution in [0, 0.1) is 39.4 Å². The highest BCUT2D eigenvalue weighted by Gasteiger charge is 2.72. The van der Waals surface area contributed by atoms with E-state index >= 15 is 0 Å². The molecule has 0 aliphatic heterocycles. The molecule has 4 aliphatic rings. The largest absolute Gasteiger partial charge is 0.462 e. The van der Waals surface area contributed by atoms with Gasteiger partial charge in [0, 0.05) is 50.4 Å². The summed E-state index contributed by atoms with van der Waals surface area (Å²) in [6.07, 6.45) is 1.34. The molecule has 10 nitrogen and oxygen atoms in total. The third kappa shape index (κ3) is 6.36. The van der Waals surface area contributed by atoms with Crippen molar-refractivity contribution in [1.82, 2.24) is 0 Å². The summed E-state index contributed by atoms with van der Waals surface area (Å²) in [4.78, 5) is 50.1. The Morgan fingerprint density at radius 1 is 0.854 bits per heavy atom. The van der Waals surface area contributed by atoms with Gasteiger partial charge in [-0.3, -0.25) is 19.2 Å². The maximum atomic E-state index is 12.9. The van der Waals surface area contributed by atoms with Crippen LogP contribution < -0.4 is 0 Å². The zero-order chi connectivity index (χ0) is 36.1. The molecule has 2 fully saturated rings. The Balaban J connectivity index is 1.98. The number of aliphatic hydroxyl groups is 2. The molecule has 0 bridgehead atoms. The fourth-order valence-corrected chi connectivity index (χ4v) is 11.0. The van der Waals surface area contributed by atoms with Crippen molar-refractivity contribution >= 4 is 23.9 Å². The molecule has 2 N–H and O–H groups in total. The van der Waals surface area contributed by atoms with Gasteiger partial charge in [0.15, 0.2) is 0 Å². The van der Waals surface area contributed by atoms with E-state index in [0.29, 0.717) is 25.7 Å². The van der Waals surface area contributed by atoms with E-state index in [4.69, 9.17) is 18.9 Å². The molecule has 4 aliphatic carbocycles. The van der Waals surface area contributed by atoms with Gasteiger partial charge in [-0.1, -0.05) is 46.3 Å². The van der Waals surface area contributed by atoms with Crippen LogP contribution in [0.4, 0.5) is 0 Å². The number of rotatable bonds is 9. The molecule has 11 atom stereocenters. The molecule has 0 spiro atoms. The minimum absolute atomic E-state index is 0.118. The second kappa shape index (κ2) is 13.5. The molecule has 0 aromatic rings. The minimum atomic E-state index is -1.01. The third-order valence-corrected chi connectivity index (χ3v) is 12.8. The van der Waals surface area contributed by atoms with Gasteiger partial charge in [0.25, 0.3) is 0 Å². The summed E-state index contributed by atoms with van der Waals surface area (Å²) >= 11 is 0. The lowest BCUT2D eigenvalue weighted by molar-refractivity contribution is -0.181. The van der Waals surface area contributed by atoms with Crippen LogP contribution in [0.15, 0.2) is 22.8 Å². The van der Waals surface area contributed by atoms with Crippen molar-refractivity contribution in [3.05, 3.63) is 22.8 Å². The van der Waals surface area contributed by atoms with Gasteiger partial charge < -0.3 is 29.2 Å². The SMILES string of the molecule is CC(=O)OC1CC2(CO)C(C(C)C(CC=C(C)C)OC(C)=O)C(O)CC2(C)C2=C1C1(C)CCC(OC(C)=O)C(C)(C)C1CC2OC(C)=O. The molecule has 0 heterocycles. The Bertz CT molecular complexity index is 1360. The fourth-order valence-electron chi connectivity index (χ4n) is 11.0. The standard InChI is InChI=1S/C38H58O10/c1-20(2)12-13-27(45-22(4)40)21(3)32-26(44)17-37(11)34-28(46-23(5)41)16-30-35(8,9)31(48-25(7)43)14-15-36(30,10)33(34)29(47-24(6)42)18-38(32,37)19-39/h12,21,26-32,39,44H,13-19H2,1-11H3. The van der Waals surface area contributed by atoms with Crippen molar-refractivity contribution < 1.29 is 48.3 Å². The molecule has 270 valence electrons. The van der Waals surface area contributed by atoms with Gasteiger partial charge in [0.1, 0.15) is 24.4 Å². The number of carbonyl (C=O) groups excluding carboxylic acids is 4. The fraction of sp³-hybridized carbons (Fsp3) is 0.789. The topological polar surface area (TPSA) is 146 Å². The van der Waals surface area contributed by atoms with E-state index in [1.54, 1.807) is 0 Å². The molecular weight excluding hydrogens is 616 g/mol. The summed E-state index contributed by atoms with van der Waals surface area (Å²) in [6.45, 7) is 19.5. The van der Waals surface area contributed by atoms with Gasteiger partial charge in [0.2, 0.25) is 0 Å². The number of fused-ring (bicyclic) bond motifs is 4. The lowest BCUT2D eigenvalue weighted by Gasteiger charge is -2.64. The molecule has 0 saturated heterocycles. The first-order valence-corrected chi connectivity index (χ1v) is 17.5. The van der Waals surface area contributed by atoms with E-state index in [9.17, 15) is 29.4 Å². The summed E-state index contributed by atoms with van der Waals surface area (Å²) in [6, 6.07) is 0. The molecule has 0 aromatic heterocycles. The van der Waals surface area contributed by atoms with E-state index in [-0.39, 0.29) is 43.4 Å². The van der Waals surface area contributed by atoms with Crippen molar-refractivity contribution in [3.63, 3.8) is 0 Å². The monoisotopic (exact) mass is 674 g/mol. The maximum Gasteiger partial charge on any atom is 0.303 e. The first-order valence-electron chi connectivity index (χ1n) is 17.5. The van der Waals surface area contributed by atoms with Gasteiger partial charge in [-0.2, -0.15) is 0 Å². The van der Waals surface area contributed by atoms with Crippen molar-refractivity contribution in [2.75, 3.05) is 6.61 Å². The zero-order valence-electron chi connectivity index (χ0n) is 30.8. The van der Waals surface area contributed by atoms with Crippen LogP contribution >= 0.6 is 0 Å². The Morgan fingerprint density at radius 2 is 1.44 bits per heavy atom. The molecular formula is C38H58O10. The lowest BCUT2D eigenvalue weighted by atomic mass is 9.42. The number of hydrogen-bond donors (Lipinski definition) is 2. The highest BCUT2D eigenvalue weighted by atomic mass is 16.6. The van der Waals surface area contributed by atoms with Crippen molar-refractivity contribution in [1.29, 1.82) is 0 Å². The summed E-state index contributed by atoms with van der Waals surface area (Å²) in [5.41, 5.74) is -0.161. The van der Waals surface area contributed by atoms with Crippen molar-refractivity contribution in [3.8, 4) is 0 Å². The first-order chi connectivity index (χ1) is 22.2. The molecule has 0 radical (unpaired) electrons. The average molecular weight is 675 g/mol. The number of ether oxygens (including phenoxy) is 4. The van der Waals surface area contributed by atoms with Crippen molar-refractivity contribution in [2.45, 2.75) is 145 Å². The number of hydrogen-bond acceptors (Lipinski definition) is 10. The number of aliphatic hydroxyl groups excluding tert-OH is 2. The Kier molecular flexibility index (Phi) is 10.7. The van der Waals surface area contributed by atoms with Gasteiger partial charge in [-0.25, -0.2) is 0 Å². The first kappa shape index (κ1) is 38.1. The summed E-state index contributed by atoms with van der Waals surface area (Å²) < 4.78 is 24.1.